The maximum absolute atomic E-state index is 11.8. The second kappa shape index (κ2) is 22.4. The molecule has 0 bridgehead atoms. The van der Waals surface area contributed by atoms with E-state index < -0.39 is 0 Å². The highest BCUT2D eigenvalue weighted by molar-refractivity contribution is 5.69. The van der Waals surface area contributed by atoms with E-state index in [9.17, 15) is 9.59 Å². The van der Waals surface area contributed by atoms with Crippen LogP contribution in [0.25, 0.3) is 0 Å². The van der Waals surface area contributed by atoms with Crippen molar-refractivity contribution in [2.75, 3.05) is 6.61 Å². The third-order valence-electron chi connectivity index (χ3n) is 5.22. The van der Waals surface area contributed by atoms with Gasteiger partial charge in [-0.3, -0.25) is 9.59 Å². The highest BCUT2D eigenvalue weighted by Gasteiger charge is 2.06. The van der Waals surface area contributed by atoms with Gasteiger partial charge in [-0.15, -0.1) is 0 Å². The van der Waals surface area contributed by atoms with Crippen molar-refractivity contribution in [3.8, 4) is 0 Å². The van der Waals surface area contributed by atoms with Crippen LogP contribution in [0.15, 0.2) is 12.2 Å². The van der Waals surface area contributed by atoms with Crippen molar-refractivity contribution in [2.24, 2.45) is 0 Å². The lowest BCUT2D eigenvalue weighted by molar-refractivity contribution is -0.146. The van der Waals surface area contributed by atoms with Crippen LogP contribution in [0.1, 0.15) is 130 Å². The summed E-state index contributed by atoms with van der Waals surface area (Å²) in [5.41, 5.74) is 0. The van der Waals surface area contributed by atoms with E-state index >= 15 is 0 Å². The first-order valence-corrected chi connectivity index (χ1v) is 12.6. The Balaban J connectivity index is 3.41. The molecular weight excluding hydrogens is 376 g/mol. The quantitative estimate of drug-likeness (QED) is 0.108. The Morgan fingerprint density at radius 2 is 1.23 bits per heavy atom. The van der Waals surface area contributed by atoms with Crippen LogP contribution in [0, 0.1) is 0 Å². The topological polar surface area (TPSA) is 52.6 Å². The van der Waals surface area contributed by atoms with E-state index in [1.165, 1.54) is 38.5 Å². The Bertz CT molecular complexity index is 431. The minimum Gasteiger partial charge on any atom is -0.466 e. The summed E-state index contributed by atoms with van der Waals surface area (Å²) in [6.45, 7) is 6.88. The van der Waals surface area contributed by atoms with Crippen molar-refractivity contribution in [2.45, 2.75) is 136 Å². The fraction of sp³-hybridized carbons (Fsp3) is 0.846. The zero-order valence-corrected chi connectivity index (χ0v) is 20.1. The standard InChI is InChI=1S/C26H48O4/c1-4-6-8-10-15-19-23-29-25(27)21-17-13-11-12-14-18-22-26(28)30-24(3)20-16-9-7-5-2/h16,20,24H,4-15,17-19,21-23H2,1-3H3/b20-16+. The van der Waals surface area contributed by atoms with Crippen molar-refractivity contribution in [1.29, 1.82) is 0 Å². The molecule has 0 saturated heterocycles. The van der Waals surface area contributed by atoms with Crippen LogP contribution in [-0.4, -0.2) is 24.6 Å². The molecule has 1 unspecified atom stereocenters. The SMILES string of the molecule is CCCC/C=C/C(C)OC(=O)CCCCCCCCC(=O)OCCCCCCCC. The molecule has 0 fully saturated rings. The molecule has 0 saturated carbocycles. The fourth-order valence-corrected chi connectivity index (χ4v) is 3.30. The molecule has 0 amide bonds. The second-order valence-electron chi connectivity index (χ2n) is 8.37. The molecule has 4 heteroatoms. The van der Waals surface area contributed by atoms with E-state index in [1.54, 1.807) is 0 Å². The molecule has 0 aromatic heterocycles. The van der Waals surface area contributed by atoms with Gasteiger partial charge in [-0.05, 0) is 38.7 Å². The van der Waals surface area contributed by atoms with E-state index in [1.807, 2.05) is 13.0 Å². The van der Waals surface area contributed by atoms with Gasteiger partial charge in [0.15, 0.2) is 0 Å². The van der Waals surface area contributed by atoms with Crippen molar-refractivity contribution in [3.05, 3.63) is 12.2 Å². The fourth-order valence-electron chi connectivity index (χ4n) is 3.30. The summed E-state index contributed by atoms with van der Waals surface area (Å²) in [6.07, 6.45) is 21.7. The summed E-state index contributed by atoms with van der Waals surface area (Å²) < 4.78 is 10.7. The number of ether oxygens (including phenoxy) is 2. The van der Waals surface area contributed by atoms with Gasteiger partial charge in [0.2, 0.25) is 0 Å². The predicted octanol–water partition coefficient (Wildman–Crippen LogP) is 7.69. The highest BCUT2D eigenvalue weighted by Crippen LogP contribution is 2.11. The second-order valence-corrected chi connectivity index (χ2v) is 8.37. The normalized spacial score (nSPS) is 12.2. The van der Waals surface area contributed by atoms with Crippen molar-refractivity contribution in [1.82, 2.24) is 0 Å². The van der Waals surface area contributed by atoms with Crippen molar-refractivity contribution in [3.63, 3.8) is 0 Å². The Morgan fingerprint density at radius 1 is 0.700 bits per heavy atom. The molecule has 0 aromatic rings. The summed E-state index contributed by atoms with van der Waals surface area (Å²) in [4.78, 5) is 23.5. The molecule has 4 nitrogen and oxygen atoms in total. The molecule has 0 rings (SSSR count). The zero-order valence-electron chi connectivity index (χ0n) is 20.1. The molecule has 0 aliphatic heterocycles. The maximum atomic E-state index is 11.8. The number of carbonyl (C=O) groups is 2. The molecule has 0 spiro atoms. The minimum absolute atomic E-state index is 0.0517. The van der Waals surface area contributed by atoms with E-state index in [0.29, 0.717) is 19.4 Å². The first-order chi connectivity index (χ1) is 14.6. The average Bonchev–Trinajstić information content (AvgIpc) is 2.72. The molecule has 176 valence electrons. The smallest absolute Gasteiger partial charge is 0.306 e. The summed E-state index contributed by atoms with van der Waals surface area (Å²) in [5, 5.41) is 0. The number of hydrogen-bond donors (Lipinski definition) is 0. The summed E-state index contributed by atoms with van der Waals surface area (Å²) in [7, 11) is 0. The number of hydrogen-bond acceptors (Lipinski definition) is 4. The van der Waals surface area contributed by atoms with E-state index in [-0.39, 0.29) is 18.0 Å². The third kappa shape index (κ3) is 21.4. The van der Waals surface area contributed by atoms with Gasteiger partial charge in [-0.2, -0.15) is 0 Å². The minimum atomic E-state index is -0.129. The highest BCUT2D eigenvalue weighted by atomic mass is 16.5. The third-order valence-corrected chi connectivity index (χ3v) is 5.22. The van der Waals surface area contributed by atoms with Gasteiger partial charge in [-0.1, -0.05) is 90.6 Å². The van der Waals surface area contributed by atoms with Gasteiger partial charge >= 0.3 is 11.9 Å². The van der Waals surface area contributed by atoms with Crippen LogP contribution in [0.2, 0.25) is 0 Å². The first kappa shape index (κ1) is 28.7. The van der Waals surface area contributed by atoms with Gasteiger partial charge in [-0.25, -0.2) is 0 Å². The van der Waals surface area contributed by atoms with Gasteiger partial charge in [0.1, 0.15) is 6.10 Å². The first-order valence-electron chi connectivity index (χ1n) is 12.6. The molecule has 0 aromatic carbocycles. The Morgan fingerprint density at radius 3 is 1.87 bits per heavy atom. The molecule has 30 heavy (non-hydrogen) atoms. The van der Waals surface area contributed by atoms with Crippen LogP contribution < -0.4 is 0 Å². The maximum Gasteiger partial charge on any atom is 0.306 e. The average molecular weight is 425 g/mol. The summed E-state index contributed by atoms with van der Waals surface area (Å²) >= 11 is 0. The Labute approximate surface area is 186 Å². The van der Waals surface area contributed by atoms with Gasteiger partial charge in [0.25, 0.3) is 0 Å². The lowest BCUT2D eigenvalue weighted by Crippen LogP contribution is -2.12. The molecule has 0 heterocycles. The number of unbranched alkanes of at least 4 members (excludes halogenated alkanes) is 12. The van der Waals surface area contributed by atoms with Crippen LogP contribution >= 0.6 is 0 Å². The molecule has 1 atom stereocenters. The van der Waals surface area contributed by atoms with Crippen LogP contribution in [0.5, 0.6) is 0 Å². The van der Waals surface area contributed by atoms with Crippen molar-refractivity contribution < 1.29 is 19.1 Å². The van der Waals surface area contributed by atoms with Crippen molar-refractivity contribution >= 4 is 11.9 Å². The van der Waals surface area contributed by atoms with E-state index in [4.69, 9.17) is 9.47 Å². The number of carbonyl (C=O) groups excluding carboxylic acids is 2. The summed E-state index contributed by atoms with van der Waals surface area (Å²) in [5.74, 6) is -0.153. The summed E-state index contributed by atoms with van der Waals surface area (Å²) in [6, 6.07) is 0. The van der Waals surface area contributed by atoms with Gasteiger partial charge in [0, 0.05) is 12.8 Å². The Hall–Kier alpha value is -1.32. The van der Waals surface area contributed by atoms with Crippen LogP contribution in [0.4, 0.5) is 0 Å². The lowest BCUT2D eigenvalue weighted by atomic mass is 10.1. The molecule has 0 N–H and O–H groups in total. The number of allylic oxidation sites excluding steroid dienone is 1. The molecule has 0 aliphatic rings. The van der Waals surface area contributed by atoms with E-state index in [0.717, 1.165) is 57.8 Å². The lowest BCUT2D eigenvalue weighted by Gasteiger charge is -2.09. The predicted molar refractivity (Wildman–Crippen MR) is 125 cm³/mol. The van der Waals surface area contributed by atoms with Crippen LogP contribution in [0.3, 0.4) is 0 Å². The number of rotatable bonds is 21. The zero-order chi connectivity index (χ0) is 22.3. The van der Waals surface area contributed by atoms with Gasteiger partial charge < -0.3 is 9.47 Å². The van der Waals surface area contributed by atoms with Gasteiger partial charge in [0.05, 0.1) is 6.61 Å². The molecule has 0 aliphatic carbocycles. The van der Waals surface area contributed by atoms with Crippen LogP contribution in [-0.2, 0) is 19.1 Å². The number of esters is 2. The van der Waals surface area contributed by atoms with E-state index in [2.05, 4.69) is 19.9 Å². The molecule has 0 radical (unpaired) electrons. The monoisotopic (exact) mass is 424 g/mol. The molecular formula is C26H48O4. The Kier molecular flexibility index (Phi) is 21.4. The largest absolute Gasteiger partial charge is 0.466 e.